The highest BCUT2D eigenvalue weighted by Gasteiger charge is 2.32. The molecule has 3 heterocycles. The number of hydrogen-bond acceptors (Lipinski definition) is 6. The second kappa shape index (κ2) is 7.38. The Labute approximate surface area is 162 Å². The molecule has 8 heteroatoms. The topological polar surface area (TPSA) is 89.7 Å². The Morgan fingerprint density at radius 1 is 1.07 bits per heavy atom. The molecule has 8 nitrogen and oxygen atoms in total. The van der Waals surface area contributed by atoms with E-state index in [1.165, 1.54) is 4.52 Å². The average molecular weight is 379 g/mol. The summed E-state index contributed by atoms with van der Waals surface area (Å²) in [4.78, 5) is 35.9. The minimum atomic E-state index is -1.02. The van der Waals surface area contributed by atoms with Crippen molar-refractivity contribution >= 4 is 17.7 Å². The molecule has 1 amide bonds. The number of aryl methyl sites for hydroxylation is 2. The lowest BCUT2D eigenvalue weighted by Crippen LogP contribution is -2.35. The van der Waals surface area contributed by atoms with Gasteiger partial charge < -0.3 is 9.64 Å². The zero-order valence-electron chi connectivity index (χ0n) is 15.8. The first-order chi connectivity index (χ1) is 13.5. The van der Waals surface area contributed by atoms with Crippen LogP contribution in [0.25, 0.3) is 5.78 Å². The molecule has 1 saturated heterocycles. The van der Waals surface area contributed by atoms with Gasteiger partial charge in [0.25, 0.3) is 17.5 Å². The lowest BCUT2D eigenvalue weighted by atomic mass is 10.1. The van der Waals surface area contributed by atoms with Gasteiger partial charge in [-0.1, -0.05) is 30.3 Å². The van der Waals surface area contributed by atoms with E-state index in [4.69, 9.17) is 4.74 Å². The van der Waals surface area contributed by atoms with Crippen LogP contribution >= 0.6 is 0 Å². The molecule has 4 rings (SSSR count). The van der Waals surface area contributed by atoms with Gasteiger partial charge in [0.1, 0.15) is 0 Å². The van der Waals surface area contributed by atoms with E-state index < -0.39 is 12.1 Å². The molecule has 144 valence electrons. The summed E-state index contributed by atoms with van der Waals surface area (Å²) >= 11 is 0. The Morgan fingerprint density at radius 2 is 1.79 bits per heavy atom. The van der Waals surface area contributed by atoms with Crippen molar-refractivity contribution in [2.75, 3.05) is 13.1 Å². The largest absolute Gasteiger partial charge is 0.441 e. The minimum Gasteiger partial charge on any atom is -0.441 e. The molecule has 1 aliphatic heterocycles. The van der Waals surface area contributed by atoms with Crippen molar-refractivity contribution in [3.05, 3.63) is 59.2 Å². The first kappa shape index (κ1) is 18.1. The van der Waals surface area contributed by atoms with Crippen LogP contribution in [-0.4, -0.2) is 49.4 Å². The molecular formula is C20H21N5O3. The molecule has 0 unspecified atom stereocenters. The molecule has 1 aliphatic rings. The summed E-state index contributed by atoms with van der Waals surface area (Å²) in [5.74, 6) is -0.752. The van der Waals surface area contributed by atoms with Crippen LogP contribution in [0.15, 0.2) is 36.4 Å². The molecule has 0 bridgehead atoms. The number of rotatable bonds is 4. The third kappa shape index (κ3) is 3.45. The molecule has 0 aliphatic carbocycles. The zero-order valence-corrected chi connectivity index (χ0v) is 15.8. The van der Waals surface area contributed by atoms with Gasteiger partial charge >= 0.3 is 5.97 Å². The van der Waals surface area contributed by atoms with E-state index in [1.54, 1.807) is 17.0 Å². The summed E-state index contributed by atoms with van der Waals surface area (Å²) in [6.07, 6.45) is 0.896. The number of fused-ring (bicyclic) bond motifs is 1. The number of hydrogen-bond donors (Lipinski definition) is 0. The maximum Gasteiger partial charge on any atom is 0.379 e. The van der Waals surface area contributed by atoms with Crippen molar-refractivity contribution in [1.82, 2.24) is 24.5 Å². The Kier molecular flexibility index (Phi) is 4.77. The number of amides is 1. The van der Waals surface area contributed by atoms with Crippen molar-refractivity contribution in [2.24, 2.45) is 0 Å². The Hall–Kier alpha value is -3.29. The Bertz CT molecular complexity index is 1030. The predicted molar refractivity (Wildman–Crippen MR) is 101 cm³/mol. The molecule has 2 aromatic heterocycles. The highest BCUT2D eigenvalue weighted by molar-refractivity contribution is 5.90. The minimum absolute atomic E-state index is 0.114. The van der Waals surface area contributed by atoms with Crippen molar-refractivity contribution < 1.29 is 14.3 Å². The highest BCUT2D eigenvalue weighted by Crippen LogP contribution is 2.24. The van der Waals surface area contributed by atoms with Gasteiger partial charge in [-0.25, -0.2) is 14.3 Å². The molecule has 1 aromatic carbocycles. The SMILES string of the molecule is Cc1cc(C)n2nc(C(=O)O[C@@H](C(=O)N3CCCC3)c3ccccc3)nc2n1. The summed E-state index contributed by atoms with van der Waals surface area (Å²) in [5.41, 5.74) is 2.21. The number of ether oxygens (including phenoxy) is 1. The summed E-state index contributed by atoms with van der Waals surface area (Å²) < 4.78 is 7.09. The Morgan fingerprint density at radius 3 is 2.50 bits per heavy atom. The predicted octanol–water partition coefficient (Wildman–Crippen LogP) is 2.26. The summed E-state index contributed by atoms with van der Waals surface area (Å²) in [5, 5.41) is 4.20. The van der Waals surface area contributed by atoms with Gasteiger partial charge in [0.05, 0.1) is 0 Å². The van der Waals surface area contributed by atoms with E-state index >= 15 is 0 Å². The number of carbonyl (C=O) groups is 2. The van der Waals surface area contributed by atoms with Gasteiger partial charge in [-0.15, -0.1) is 5.10 Å². The second-order valence-electron chi connectivity index (χ2n) is 6.91. The monoisotopic (exact) mass is 379 g/mol. The second-order valence-corrected chi connectivity index (χ2v) is 6.91. The molecule has 28 heavy (non-hydrogen) atoms. The van der Waals surface area contributed by atoms with Crippen LogP contribution in [0.2, 0.25) is 0 Å². The van der Waals surface area contributed by atoms with Gasteiger partial charge in [-0.05, 0) is 32.8 Å². The molecule has 0 N–H and O–H groups in total. The van der Waals surface area contributed by atoms with Gasteiger partial charge in [0.15, 0.2) is 0 Å². The fraction of sp³-hybridized carbons (Fsp3) is 0.350. The van der Waals surface area contributed by atoms with E-state index in [0.717, 1.165) is 24.2 Å². The molecule has 3 aromatic rings. The van der Waals surface area contributed by atoms with Crippen LogP contribution < -0.4 is 0 Å². The third-order valence-corrected chi connectivity index (χ3v) is 4.77. The van der Waals surface area contributed by atoms with E-state index in [1.807, 2.05) is 38.1 Å². The van der Waals surface area contributed by atoms with Crippen LogP contribution in [0.1, 0.15) is 46.5 Å². The normalized spacial score (nSPS) is 15.0. The van der Waals surface area contributed by atoms with Crippen molar-refractivity contribution in [1.29, 1.82) is 0 Å². The molecule has 1 atom stereocenters. The van der Waals surface area contributed by atoms with Crippen molar-refractivity contribution in [3.63, 3.8) is 0 Å². The summed E-state index contributed by atoms with van der Waals surface area (Å²) in [7, 11) is 0. The summed E-state index contributed by atoms with van der Waals surface area (Å²) in [6.45, 7) is 5.05. The number of aromatic nitrogens is 4. The third-order valence-electron chi connectivity index (χ3n) is 4.77. The fourth-order valence-electron chi connectivity index (χ4n) is 3.40. The Balaban J connectivity index is 1.63. The van der Waals surface area contributed by atoms with E-state index in [0.29, 0.717) is 24.4 Å². The number of likely N-dealkylation sites (tertiary alicyclic amines) is 1. The maximum atomic E-state index is 13.0. The summed E-state index contributed by atoms with van der Waals surface area (Å²) in [6, 6.07) is 10.9. The standard InChI is InChI=1S/C20H21N5O3/c1-13-12-14(2)25-20(21-13)22-17(23-25)19(27)28-16(15-8-4-3-5-9-15)18(26)24-10-6-7-11-24/h3-5,8-9,12,16H,6-7,10-11H2,1-2H3/t16-/m1/s1. The lowest BCUT2D eigenvalue weighted by molar-refractivity contribution is -0.140. The quantitative estimate of drug-likeness (QED) is 0.646. The molecular weight excluding hydrogens is 358 g/mol. The molecule has 0 radical (unpaired) electrons. The van der Waals surface area contributed by atoms with Gasteiger partial charge in [0, 0.05) is 30.0 Å². The fourth-order valence-corrected chi connectivity index (χ4v) is 3.40. The smallest absolute Gasteiger partial charge is 0.379 e. The maximum absolute atomic E-state index is 13.0. The van der Waals surface area contributed by atoms with Gasteiger partial charge in [-0.2, -0.15) is 4.98 Å². The average Bonchev–Trinajstić information content (AvgIpc) is 3.36. The van der Waals surface area contributed by atoms with Crippen molar-refractivity contribution in [2.45, 2.75) is 32.8 Å². The number of carbonyl (C=O) groups excluding carboxylic acids is 2. The van der Waals surface area contributed by atoms with E-state index in [-0.39, 0.29) is 11.7 Å². The highest BCUT2D eigenvalue weighted by atomic mass is 16.5. The molecule has 0 spiro atoms. The first-order valence-corrected chi connectivity index (χ1v) is 9.28. The molecule has 0 saturated carbocycles. The van der Waals surface area contributed by atoms with Gasteiger partial charge in [0.2, 0.25) is 6.10 Å². The van der Waals surface area contributed by atoms with Crippen LogP contribution in [0.5, 0.6) is 0 Å². The van der Waals surface area contributed by atoms with Crippen molar-refractivity contribution in [3.8, 4) is 0 Å². The van der Waals surface area contributed by atoms with Gasteiger partial charge in [-0.3, -0.25) is 4.79 Å². The van der Waals surface area contributed by atoms with E-state index in [2.05, 4.69) is 15.1 Å². The van der Waals surface area contributed by atoms with Crippen LogP contribution in [0, 0.1) is 13.8 Å². The van der Waals surface area contributed by atoms with Crippen LogP contribution in [0.3, 0.4) is 0 Å². The lowest BCUT2D eigenvalue weighted by Gasteiger charge is -2.23. The number of nitrogens with zero attached hydrogens (tertiary/aromatic N) is 5. The first-order valence-electron chi connectivity index (χ1n) is 9.28. The van der Waals surface area contributed by atoms with Crippen LogP contribution in [0.4, 0.5) is 0 Å². The number of benzene rings is 1. The molecule has 1 fully saturated rings. The number of esters is 1. The van der Waals surface area contributed by atoms with E-state index in [9.17, 15) is 9.59 Å². The zero-order chi connectivity index (χ0) is 19.7. The van der Waals surface area contributed by atoms with Crippen LogP contribution in [-0.2, 0) is 9.53 Å².